The molecule has 6 nitrogen and oxygen atoms in total. The summed E-state index contributed by atoms with van der Waals surface area (Å²) in [4.78, 5) is 12.2. The van der Waals surface area contributed by atoms with Crippen LogP contribution in [0.3, 0.4) is 0 Å². The van der Waals surface area contributed by atoms with Gasteiger partial charge in [-0.3, -0.25) is 4.79 Å². The summed E-state index contributed by atoms with van der Waals surface area (Å²) < 4.78 is 31.7. The minimum Gasteiger partial charge on any atom is -0.385 e. The van der Waals surface area contributed by atoms with Crippen LogP contribution in [0.4, 0.5) is 0 Å². The molecule has 1 aromatic rings. The van der Waals surface area contributed by atoms with Gasteiger partial charge < -0.3 is 10.1 Å². The first kappa shape index (κ1) is 18.4. The standard InChI is InChI=1S/C15H24N2O4S2/c1-12(7-10-21-2)16-15(18)13-5-8-17(9-6-13)23(19,20)14-4-3-11-22-14/h3-4,11-13H,5-10H2,1-2H3,(H,16,18). The smallest absolute Gasteiger partial charge is 0.252 e. The van der Waals surface area contributed by atoms with Crippen LogP contribution >= 0.6 is 11.3 Å². The first-order valence-corrected chi connectivity index (χ1v) is 10.1. The van der Waals surface area contributed by atoms with Gasteiger partial charge in [0.05, 0.1) is 0 Å². The fourth-order valence-corrected chi connectivity index (χ4v) is 5.24. The van der Waals surface area contributed by atoms with Crippen molar-refractivity contribution in [1.29, 1.82) is 0 Å². The molecule has 1 saturated heterocycles. The summed E-state index contributed by atoms with van der Waals surface area (Å²) >= 11 is 1.23. The Morgan fingerprint density at radius 3 is 2.74 bits per heavy atom. The molecule has 8 heteroatoms. The summed E-state index contributed by atoms with van der Waals surface area (Å²) in [5.41, 5.74) is 0. The second-order valence-corrected chi connectivity index (χ2v) is 8.91. The lowest BCUT2D eigenvalue weighted by Crippen LogP contribution is -2.44. The molecule has 1 atom stereocenters. The number of methoxy groups -OCH3 is 1. The Balaban J connectivity index is 1.85. The molecule has 1 aliphatic heterocycles. The summed E-state index contributed by atoms with van der Waals surface area (Å²) in [6, 6.07) is 3.42. The highest BCUT2D eigenvalue weighted by molar-refractivity contribution is 7.91. The molecule has 0 radical (unpaired) electrons. The van der Waals surface area contributed by atoms with E-state index in [1.54, 1.807) is 24.6 Å². The number of piperidine rings is 1. The van der Waals surface area contributed by atoms with Crippen molar-refractivity contribution in [2.24, 2.45) is 5.92 Å². The van der Waals surface area contributed by atoms with E-state index < -0.39 is 10.0 Å². The number of nitrogens with zero attached hydrogens (tertiary/aromatic N) is 1. The minimum atomic E-state index is -3.40. The number of amides is 1. The molecule has 1 N–H and O–H groups in total. The van der Waals surface area contributed by atoms with Crippen molar-refractivity contribution in [1.82, 2.24) is 9.62 Å². The SMILES string of the molecule is COCCC(C)NC(=O)C1CCN(S(=O)(=O)c2cccs2)CC1. The molecule has 1 aliphatic rings. The first-order chi connectivity index (χ1) is 10.9. The molecule has 2 heterocycles. The lowest BCUT2D eigenvalue weighted by molar-refractivity contribution is -0.126. The van der Waals surface area contributed by atoms with Gasteiger partial charge in [-0.25, -0.2) is 8.42 Å². The molecular formula is C15H24N2O4S2. The third kappa shape index (κ3) is 4.76. The van der Waals surface area contributed by atoms with Gasteiger partial charge in [0, 0.05) is 38.8 Å². The summed E-state index contributed by atoms with van der Waals surface area (Å²) in [5, 5.41) is 4.74. The van der Waals surface area contributed by atoms with Gasteiger partial charge in [0.1, 0.15) is 4.21 Å². The number of sulfonamides is 1. The third-order valence-electron chi connectivity index (χ3n) is 4.06. The van der Waals surface area contributed by atoms with E-state index in [0.29, 0.717) is 36.7 Å². The number of nitrogens with one attached hydrogen (secondary N) is 1. The maximum Gasteiger partial charge on any atom is 0.252 e. The van der Waals surface area contributed by atoms with E-state index >= 15 is 0 Å². The Kier molecular flexibility index (Phi) is 6.58. The predicted octanol–water partition coefficient (Wildman–Crippen LogP) is 1.69. The van der Waals surface area contributed by atoms with Gasteiger partial charge in [0.15, 0.2) is 0 Å². The average Bonchev–Trinajstić information content (AvgIpc) is 3.08. The Hall–Kier alpha value is -0.960. The highest BCUT2D eigenvalue weighted by Gasteiger charge is 2.32. The maximum absolute atomic E-state index is 12.4. The molecule has 1 unspecified atom stereocenters. The average molecular weight is 361 g/mol. The van der Waals surface area contributed by atoms with Crippen molar-refractivity contribution >= 4 is 27.3 Å². The monoisotopic (exact) mass is 360 g/mol. The Bertz CT molecular complexity index is 593. The fraction of sp³-hybridized carbons (Fsp3) is 0.667. The van der Waals surface area contributed by atoms with Crippen LogP contribution in [0.25, 0.3) is 0 Å². The zero-order valence-electron chi connectivity index (χ0n) is 13.5. The van der Waals surface area contributed by atoms with Crippen LogP contribution in [0.15, 0.2) is 21.7 Å². The number of carbonyl (C=O) groups is 1. The van der Waals surface area contributed by atoms with Crippen LogP contribution in [-0.2, 0) is 19.6 Å². The van der Waals surface area contributed by atoms with Crippen molar-refractivity contribution in [3.8, 4) is 0 Å². The third-order valence-corrected chi connectivity index (χ3v) is 7.33. The number of ether oxygens (including phenoxy) is 1. The van der Waals surface area contributed by atoms with E-state index in [2.05, 4.69) is 5.32 Å². The molecular weight excluding hydrogens is 336 g/mol. The summed E-state index contributed by atoms with van der Waals surface area (Å²) in [6.07, 6.45) is 1.90. The molecule has 0 bridgehead atoms. The highest BCUT2D eigenvalue weighted by Crippen LogP contribution is 2.26. The minimum absolute atomic E-state index is 0.0155. The van der Waals surface area contributed by atoms with Gasteiger partial charge in [-0.15, -0.1) is 11.3 Å². The van der Waals surface area contributed by atoms with E-state index in [1.165, 1.54) is 15.6 Å². The number of rotatable bonds is 7. The van der Waals surface area contributed by atoms with Crippen LogP contribution in [0.5, 0.6) is 0 Å². The summed E-state index contributed by atoms with van der Waals surface area (Å²) in [7, 11) is -1.76. The quantitative estimate of drug-likeness (QED) is 0.803. The van der Waals surface area contributed by atoms with Crippen molar-refractivity contribution in [3.63, 3.8) is 0 Å². The second kappa shape index (κ2) is 8.23. The van der Waals surface area contributed by atoms with Gasteiger partial charge in [-0.1, -0.05) is 6.07 Å². The van der Waals surface area contributed by atoms with E-state index in [-0.39, 0.29) is 17.9 Å². The molecule has 1 fully saturated rings. The fourth-order valence-electron chi connectivity index (χ4n) is 2.62. The molecule has 130 valence electrons. The van der Waals surface area contributed by atoms with E-state index in [9.17, 15) is 13.2 Å². The normalized spacial score (nSPS) is 18.7. The van der Waals surface area contributed by atoms with Crippen molar-refractivity contribution < 1.29 is 17.9 Å². The molecule has 0 aliphatic carbocycles. The van der Waals surface area contributed by atoms with Gasteiger partial charge in [0.2, 0.25) is 5.91 Å². The van der Waals surface area contributed by atoms with E-state index in [4.69, 9.17) is 4.74 Å². The van der Waals surface area contributed by atoms with Gasteiger partial charge in [0.25, 0.3) is 10.0 Å². The van der Waals surface area contributed by atoms with Crippen LogP contribution in [0.1, 0.15) is 26.2 Å². The molecule has 0 saturated carbocycles. The molecule has 1 aromatic heterocycles. The van der Waals surface area contributed by atoms with Crippen molar-refractivity contribution in [2.45, 2.75) is 36.4 Å². The van der Waals surface area contributed by atoms with E-state index in [0.717, 1.165) is 6.42 Å². The lowest BCUT2D eigenvalue weighted by Gasteiger charge is -2.30. The second-order valence-electron chi connectivity index (χ2n) is 5.80. The van der Waals surface area contributed by atoms with Gasteiger partial charge >= 0.3 is 0 Å². The summed E-state index contributed by atoms with van der Waals surface area (Å²) in [5.74, 6) is -0.100. The summed E-state index contributed by atoms with van der Waals surface area (Å²) in [6.45, 7) is 3.35. The maximum atomic E-state index is 12.4. The zero-order valence-corrected chi connectivity index (χ0v) is 15.2. The van der Waals surface area contributed by atoms with Crippen molar-refractivity contribution in [2.75, 3.05) is 26.8 Å². The highest BCUT2D eigenvalue weighted by atomic mass is 32.2. The van der Waals surface area contributed by atoms with Crippen LogP contribution in [0.2, 0.25) is 0 Å². The zero-order chi connectivity index (χ0) is 16.9. The number of hydrogen-bond donors (Lipinski definition) is 1. The topological polar surface area (TPSA) is 75.7 Å². The molecule has 23 heavy (non-hydrogen) atoms. The Labute approximate surface area is 141 Å². The molecule has 1 amide bonds. The Morgan fingerprint density at radius 2 is 2.17 bits per heavy atom. The molecule has 0 aromatic carbocycles. The predicted molar refractivity (Wildman–Crippen MR) is 89.9 cm³/mol. The van der Waals surface area contributed by atoms with Crippen LogP contribution < -0.4 is 5.32 Å². The number of hydrogen-bond acceptors (Lipinski definition) is 5. The molecule has 2 rings (SSSR count). The number of thiophene rings is 1. The largest absolute Gasteiger partial charge is 0.385 e. The Morgan fingerprint density at radius 1 is 1.48 bits per heavy atom. The number of carbonyl (C=O) groups excluding carboxylic acids is 1. The van der Waals surface area contributed by atoms with Gasteiger partial charge in [-0.05, 0) is 37.6 Å². The van der Waals surface area contributed by atoms with Crippen LogP contribution in [-0.4, -0.2) is 51.5 Å². The lowest BCUT2D eigenvalue weighted by atomic mass is 9.97. The van der Waals surface area contributed by atoms with Gasteiger partial charge in [-0.2, -0.15) is 4.31 Å². The van der Waals surface area contributed by atoms with E-state index in [1.807, 2.05) is 6.92 Å². The molecule has 0 spiro atoms. The first-order valence-electron chi connectivity index (χ1n) is 7.78. The van der Waals surface area contributed by atoms with Crippen LogP contribution in [0, 0.1) is 5.92 Å². The van der Waals surface area contributed by atoms with Crippen molar-refractivity contribution in [3.05, 3.63) is 17.5 Å².